The zero-order chi connectivity index (χ0) is 16.7. The summed E-state index contributed by atoms with van der Waals surface area (Å²) in [5.74, 6) is -1.50. The van der Waals surface area contributed by atoms with E-state index in [-0.39, 0.29) is 32.8 Å². The predicted molar refractivity (Wildman–Crippen MR) is 85.8 cm³/mol. The summed E-state index contributed by atoms with van der Waals surface area (Å²) >= 11 is 12.9. The Hall–Kier alpha value is -1.44. The van der Waals surface area contributed by atoms with Crippen LogP contribution in [0.2, 0.25) is 10.0 Å². The van der Waals surface area contributed by atoms with Crippen LogP contribution in [0.1, 0.15) is 10.4 Å². The molecule has 0 unspecified atom stereocenters. The van der Waals surface area contributed by atoms with Crippen LogP contribution in [0.5, 0.6) is 0 Å². The molecule has 0 saturated carbocycles. The third-order valence-electron chi connectivity index (χ3n) is 2.40. The SMILES string of the molecule is COC(=O)CSCC(=O)Nc1cc(Cl)cc(Cl)c1C(=O)OC. The molecule has 6 nitrogen and oxygen atoms in total. The zero-order valence-electron chi connectivity index (χ0n) is 11.8. The molecule has 1 aromatic rings. The van der Waals surface area contributed by atoms with Crippen LogP contribution in [0, 0.1) is 0 Å². The van der Waals surface area contributed by atoms with Crippen LogP contribution < -0.4 is 5.32 Å². The summed E-state index contributed by atoms with van der Waals surface area (Å²) in [6.07, 6.45) is 0. The summed E-state index contributed by atoms with van der Waals surface area (Å²) in [6, 6.07) is 2.76. The molecule has 1 aromatic carbocycles. The van der Waals surface area contributed by atoms with Gasteiger partial charge in [0.2, 0.25) is 5.91 Å². The number of amides is 1. The van der Waals surface area contributed by atoms with E-state index >= 15 is 0 Å². The highest BCUT2D eigenvalue weighted by Gasteiger charge is 2.19. The number of thioether (sulfide) groups is 1. The van der Waals surface area contributed by atoms with E-state index < -0.39 is 17.8 Å². The number of hydrogen-bond donors (Lipinski definition) is 1. The first-order valence-corrected chi connectivity index (χ1v) is 7.81. The number of rotatable bonds is 6. The topological polar surface area (TPSA) is 81.7 Å². The smallest absolute Gasteiger partial charge is 0.341 e. The van der Waals surface area contributed by atoms with Crippen LogP contribution in [0.25, 0.3) is 0 Å². The lowest BCUT2D eigenvalue weighted by Crippen LogP contribution is -2.18. The lowest BCUT2D eigenvalue weighted by Gasteiger charge is -2.12. The number of anilines is 1. The fourth-order valence-corrected chi connectivity index (χ4v) is 2.67. The first kappa shape index (κ1) is 18.6. The second-order valence-electron chi connectivity index (χ2n) is 3.92. The van der Waals surface area contributed by atoms with Crippen molar-refractivity contribution in [3.8, 4) is 0 Å². The van der Waals surface area contributed by atoms with Gasteiger partial charge in [0.05, 0.1) is 36.4 Å². The van der Waals surface area contributed by atoms with Crippen LogP contribution >= 0.6 is 35.0 Å². The van der Waals surface area contributed by atoms with E-state index in [2.05, 4.69) is 14.8 Å². The van der Waals surface area contributed by atoms with E-state index in [0.717, 1.165) is 11.8 Å². The summed E-state index contributed by atoms with van der Waals surface area (Å²) in [4.78, 5) is 34.5. The van der Waals surface area contributed by atoms with Crippen molar-refractivity contribution in [2.24, 2.45) is 0 Å². The zero-order valence-corrected chi connectivity index (χ0v) is 14.1. The molecule has 0 aliphatic carbocycles. The number of methoxy groups -OCH3 is 2. The second kappa shape index (κ2) is 8.87. The largest absolute Gasteiger partial charge is 0.468 e. The van der Waals surface area contributed by atoms with Gasteiger partial charge in [-0.2, -0.15) is 0 Å². The van der Waals surface area contributed by atoms with E-state index in [9.17, 15) is 14.4 Å². The Kier molecular flexibility index (Phi) is 7.50. The fraction of sp³-hybridized carbons (Fsp3) is 0.308. The molecule has 0 aromatic heterocycles. The molecular weight excluding hydrogens is 353 g/mol. The lowest BCUT2D eigenvalue weighted by atomic mass is 10.1. The molecule has 0 fully saturated rings. The van der Waals surface area contributed by atoms with E-state index in [1.54, 1.807) is 0 Å². The Morgan fingerprint density at radius 1 is 1.14 bits per heavy atom. The predicted octanol–water partition coefficient (Wildman–Crippen LogP) is 2.62. The summed E-state index contributed by atoms with van der Waals surface area (Å²) in [7, 11) is 2.46. The Balaban J connectivity index is 2.81. The molecule has 0 heterocycles. The average molecular weight is 366 g/mol. The Bertz CT molecular complexity index is 594. The Morgan fingerprint density at radius 3 is 2.41 bits per heavy atom. The molecule has 1 N–H and O–H groups in total. The quantitative estimate of drug-likeness (QED) is 0.780. The number of benzene rings is 1. The number of nitrogens with one attached hydrogen (secondary N) is 1. The van der Waals surface area contributed by atoms with Crippen molar-refractivity contribution in [1.82, 2.24) is 0 Å². The standard InChI is InChI=1S/C13H13Cl2NO5S/c1-20-11(18)6-22-5-10(17)16-9-4-7(14)3-8(15)12(9)13(19)21-2/h3-4H,5-6H2,1-2H3,(H,16,17). The van der Waals surface area contributed by atoms with Crippen LogP contribution in [-0.2, 0) is 19.1 Å². The van der Waals surface area contributed by atoms with Gasteiger partial charge in [-0.15, -0.1) is 11.8 Å². The van der Waals surface area contributed by atoms with Gasteiger partial charge in [-0.3, -0.25) is 9.59 Å². The van der Waals surface area contributed by atoms with E-state index in [1.165, 1.54) is 26.4 Å². The molecular formula is C13H13Cl2NO5S. The highest BCUT2D eigenvalue weighted by atomic mass is 35.5. The summed E-state index contributed by atoms with van der Waals surface area (Å²) < 4.78 is 9.08. The Morgan fingerprint density at radius 2 is 1.82 bits per heavy atom. The number of carbonyl (C=O) groups is 3. The minimum absolute atomic E-state index is 0.000154. The van der Waals surface area contributed by atoms with Gasteiger partial charge in [0.1, 0.15) is 5.56 Å². The van der Waals surface area contributed by atoms with Gasteiger partial charge in [-0.1, -0.05) is 23.2 Å². The van der Waals surface area contributed by atoms with Crippen molar-refractivity contribution in [2.45, 2.75) is 0 Å². The molecule has 22 heavy (non-hydrogen) atoms. The van der Waals surface area contributed by atoms with Gasteiger partial charge in [0, 0.05) is 5.02 Å². The molecule has 1 amide bonds. The first-order chi connectivity index (χ1) is 10.4. The van der Waals surface area contributed by atoms with Crippen LogP contribution in [0.3, 0.4) is 0 Å². The van der Waals surface area contributed by atoms with Gasteiger partial charge in [0.15, 0.2) is 0 Å². The maximum Gasteiger partial charge on any atom is 0.341 e. The molecule has 1 rings (SSSR count). The van der Waals surface area contributed by atoms with Gasteiger partial charge in [0.25, 0.3) is 0 Å². The number of halogens is 2. The number of esters is 2. The normalized spacial score (nSPS) is 10.0. The van der Waals surface area contributed by atoms with Crippen LogP contribution in [-0.4, -0.2) is 43.6 Å². The van der Waals surface area contributed by atoms with Crippen molar-refractivity contribution in [3.05, 3.63) is 27.7 Å². The number of ether oxygens (including phenoxy) is 2. The minimum Gasteiger partial charge on any atom is -0.468 e. The van der Waals surface area contributed by atoms with Crippen molar-refractivity contribution in [3.63, 3.8) is 0 Å². The second-order valence-corrected chi connectivity index (χ2v) is 5.75. The maximum atomic E-state index is 11.8. The molecule has 9 heteroatoms. The van der Waals surface area contributed by atoms with Gasteiger partial charge in [-0.05, 0) is 12.1 Å². The van der Waals surface area contributed by atoms with Gasteiger partial charge < -0.3 is 14.8 Å². The van der Waals surface area contributed by atoms with E-state index in [1.807, 2.05) is 0 Å². The van der Waals surface area contributed by atoms with Crippen molar-refractivity contribution in [2.75, 3.05) is 31.0 Å². The maximum absolute atomic E-state index is 11.8. The summed E-state index contributed by atoms with van der Waals surface area (Å²) in [5.41, 5.74) is 0.160. The van der Waals surface area contributed by atoms with Crippen LogP contribution in [0.15, 0.2) is 12.1 Å². The fourth-order valence-electron chi connectivity index (χ4n) is 1.45. The minimum atomic E-state index is -0.695. The van der Waals surface area contributed by atoms with Gasteiger partial charge >= 0.3 is 11.9 Å². The lowest BCUT2D eigenvalue weighted by molar-refractivity contribution is -0.137. The molecule has 0 aliphatic heterocycles. The van der Waals surface area contributed by atoms with E-state index in [0.29, 0.717) is 0 Å². The molecule has 0 atom stereocenters. The molecule has 0 aliphatic rings. The molecule has 0 bridgehead atoms. The number of carbonyl (C=O) groups excluding carboxylic acids is 3. The molecule has 120 valence electrons. The van der Waals surface area contributed by atoms with E-state index in [4.69, 9.17) is 23.2 Å². The third-order valence-corrected chi connectivity index (χ3v) is 3.82. The molecule has 0 radical (unpaired) electrons. The first-order valence-electron chi connectivity index (χ1n) is 5.90. The summed E-state index contributed by atoms with van der Waals surface area (Å²) in [6.45, 7) is 0. The van der Waals surface area contributed by atoms with Crippen molar-refractivity contribution < 1.29 is 23.9 Å². The monoisotopic (exact) mass is 365 g/mol. The highest BCUT2D eigenvalue weighted by Crippen LogP contribution is 2.30. The van der Waals surface area contributed by atoms with Gasteiger partial charge in [-0.25, -0.2) is 4.79 Å². The average Bonchev–Trinajstić information content (AvgIpc) is 2.45. The number of hydrogen-bond acceptors (Lipinski definition) is 6. The Labute approximate surface area is 141 Å². The van der Waals surface area contributed by atoms with Crippen molar-refractivity contribution >= 4 is 58.5 Å². The summed E-state index contributed by atoms with van der Waals surface area (Å²) in [5, 5.41) is 2.84. The molecule has 0 spiro atoms. The highest BCUT2D eigenvalue weighted by molar-refractivity contribution is 8.00. The molecule has 0 saturated heterocycles. The van der Waals surface area contributed by atoms with Crippen molar-refractivity contribution in [1.29, 1.82) is 0 Å². The third kappa shape index (κ3) is 5.40. The van der Waals surface area contributed by atoms with Crippen LogP contribution in [0.4, 0.5) is 5.69 Å².